The van der Waals surface area contributed by atoms with Crippen molar-refractivity contribution >= 4 is 52.4 Å². The third-order valence-electron chi connectivity index (χ3n) is 23.9. The summed E-state index contributed by atoms with van der Waals surface area (Å²) in [5, 5.41) is 14.8. The van der Waals surface area contributed by atoms with E-state index in [2.05, 4.69) is 96.6 Å². The number of Topliss-reactive ketones (excluding diaryl/α,β-unsaturated/α-hetero) is 1. The Morgan fingerprint density at radius 1 is 0.447 bits per heavy atom. The number of amides is 5. The highest BCUT2D eigenvalue weighted by Gasteiger charge is 2.46. The highest BCUT2D eigenvalue weighted by Crippen LogP contribution is 2.46. The first-order chi connectivity index (χ1) is 45.3. The Morgan fingerprint density at radius 3 is 1.09 bits per heavy atom. The number of likely N-dealkylation sites (tertiary alicyclic amines) is 3. The van der Waals surface area contributed by atoms with Crippen molar-refractivity contribution in [3.05, 3.63) is 102 Å². The zero-order valence-electron chi connectivity index (χ0n) is 58.4. The molecule has 3 saturated heterocycles. The minimum atomic E-state index is -0.517. The Morgan fingerprint density at radius 2 is 0.766 bits per heavy atom. The number of ketones is 1. The van der Waals surface area contributed by atoms with Gasteiger partial charge in [0.15, 0.2) is 5.78 Å². The molecule has 4 N–H and O–H groups in total. The molecule has 0 radical (unpaired) electrons. The van der Waals surface area contributed by atoms with Gasteiger partial charge in [-0.15, -0.1) is 0 Å². The molecule has 16 heteroatoms. The van der Waals surface area contributed by atoms with Gasteiger partial charge in [-0.25, -0.2) is 5.48 Å². The number of hydrogen-bond acceptors (Lipinski definition) is 11. The van der Waals surface area contributed by atoms with E-state index in [1.807, 2.05) is 71.3 Å². The topological polar surface area (TPSA) is 178 Å². The summed E-state index contributed by atoms with van der Waals surface area (Å²) in [6, 6.07) is 27.0. The number of allylic oxidation sites excluding steroid dienone is 1. The molecule has 3 aromatic carbocycles. The van der Waals surface area contributed by atoms with Gasteiger partial charge in [0.2, 0.25) is 29.5 Å². The maximum absolute atomic E-state index is 13.5. The first-order valence-electron chi connectivity index (χ1n) is 36.9. The molecule has 0 bridgehead atoms. The lowest BCUT2D eigenvalue weighted by molar-refractivity contribution is -0.132. The number of hydroxylamine groups is 1. The van der Waals surface area contributed by atoms with Gasteiger partial charge >= 0.3 is 0 Å². The van der Waals surface area contributed by atoms with E-state index in [1.165, 1.54) is 84.0 Å². The van der Waals surface area contributed by atoms with Crippen LogP contribution in [-0.2, 0) is 28.8 Å². The average Bonchev–Trinajstić information content (AvgIpc) is 1.63. The van der Waals surface area contributed by atoms with Crippen molar-refractivity contribution in [3.8, 4) is 0 Å². The second-order valence-corrected chi connectivity index (χ2v) is 30.6. The number of carbonyl (C=O) groups is 6. The smallest absolute Gasteiger partial charge is 0.244 e. The fourth-order valence-electron chi connectivity index (χ4n) is 18.2. The van der Waals surface area contributed by atoms with Crippen LogP contribution >= 0.6 is 0 Å². The van der Waals surface area contributed by atoms with Gasteiger partial charge in [0.1, 0.15) is 0 Å². The molecule has 3 aliphatic carbocycles. The molecule has 514 valence electrons. The third-order valence-corrected chi connectivity index (χ3v) is 23.9. The summed E-state index contributed by atoms with van der Waals surface area (Å²) in [7, 11) is 0. The molecule has 3 aromatic rings. The molecule has 5 amide bonds. The largest absolute Gasteiger partial charge is 0.382 e. The minimum absolute atomic E-state index is 0.00399. The molecule has 94 heavy (non-hydrogen) atoms. The number of rotatable bonds is 19. The number of piperidine rings is 3. The van der Waals surface area contributed by atoms with Crippen molar-refractivity contribution in [3.63, 3.8) is 0 Å². The monoisotopic (exact) mass is 1290 g/mol. The normalized spacial score (nSPS) is 27.3. The van der Waals surface area contributed by atoms with Gasteiger partial charge in [0.25, 0.3) is 0 Å². The quantitative estimate of drug-likeness (QED) is 0.0663. The Kier molecular flexibility index (Phi) is 24.8. The van der Waals surface area contributed by atoms with E-state index >= 15 is 0 Å². The van der Waals surface area contributed by atoms with Gasteiger partial charge in [-0.1, -0.05) is 103 Å². The Labute approximate surface area is 563 Å². The highest BCUT2D eigenvalue weighted by molar-refractivity contribution is 6.08. The predicted octanol–water partition coefficient (Wildman–Crippen LogP) is 12.9. The molecule has 3 saturated carbocycles. The van der Waals surface area contributed by atoms with Gasteiger partial charge < -0.3 is 40.0 Å². The number of para-hydroxylation sites is 3. The van der Waals surface area contributed by atoms with Crippen LogP contribution in [0.4, 0.5) is 17.1 Å². The van der Waals surface area contributed by atoms with Crippen molar-refractivity contribution in [2.75, 3.05) is 67.1 Å². The molecule has 0 aromatic heterocycles. The van der Waals surface area contributed by atoms with E-state index in [0.717, 1.165) is 159 Å². The summed E-state index contributed by atoms with van der Waals surface area (Å²) in [6.07, 6.45) is 23.1. The molecule has 3 unspecified atom stereocenters. The summed E-state index contributed by atoms with van der Waals surface area (Å²) < 4.78 is 0. The first-order valence-corrected chi connectivity index (χ1v) is 36.9. The molecule has 3 atom stereocenters. The second-order valence-electron chi connectivity index (χ2n) is 30.6. The molecule has 16 nitrogen and oxygen atoms in total. The van der Waals surface area contributed by atoms with E-state index in [9.17, 15) is 28.8 Å². The number of nitrogens with zero attached hydrogens (tertiary/aromatic N) is 6. The maximum Gasteiger partial charge on any atom is 0.244 e. The summed E-state index contributed by atoms with van der Waals surface area (Å²) in [6.45, 7) is 28.5. The summed E-state index contributed by atoms with van der Waals surface area (Å²) in [5.41, 5.74) is 8.54. The van der Waals surface area contributed by atoms with Crippen LogP contribution in [0.1, 0.15) is 225 Å². The maximum atomic E-state index is 13.5. The predicted molar refractivity (Wildman–Crippen MR) is 376 cm³/mol. The van der Waals surface area contributed by atoms with Crippen LogP contribution < -0.4 is 30.8 Å². The third kappa shape index (κ3) is 16.9. The minimum Gasteiger partial charge on any atom is -0.382 e. The summed E-state index contributed by atoms with van der Waals surface area (Å²) >= 11 is 0. The number of nitrogens with one attached hydrogen (secondary N) is 3. The molecule has 9 aliphatic rings. The van der Waals surface area contributed by atoms with Gasteiger partial charge in [-0.05, 0) is 199 Å². The van der Waals surface area contributed by atoms with Crippen LogP contribution in [0.2, 0.25) is 0 Å². The lowest BCUT2D eigenvalue weighted by atomic mass is 9.79. The van der Waals surface area contributed by atoms with Gasteiger partial charge in [0.05, 0.1) is 24.3 Å². The first kappa shape index (κ1) is 70.8. The van der Waals surface area contributed by atoms with Crippen LogP contribution in [0.5, 0.6) is 0 Å². The van der Waals surface area contributed by atoms with Crippen molar-refractivity contribution in [2.24, 2.45) is 35.5 Å². The molecule has 6 aliphatic heterocycles. The van der Waals surface area contributed by atoms with E-state index < -0.39 is 11.8 Å². The highest BCUT2D eigenvalue weighted by atomic mass is 16.5. The molecular weight excluding hydrogens is 1170 g/mol. The molecule has 6 heterocycles. The Hall–Kier alpha value is -5.94. The van der Waals surface area contributed by atoms with Crippen LogP contribution in [0.25, 0.3) is 0 Å². The van der Waals surface area contributed by atoms with Crippen molar-refractivity contribution in [2.45, 2.75) is 244 Å². The lowest BCUT2D eigenvalue weighted by Gasteiger charge is -2.43. The number of anilines is 3. The van der Waals surface area contributed by atoms with E-state index in [4.69, 9.17) is 5.21 Å². The van der Waals surface area contributed by atoms with Crippen LogP contribution in [0.15, 0.2) is 85.1 Å². The molecule has 6 fully saturated rings. The van der Waals surface area contributed by atoms with E-state index in [-0.39, 0.29) is 72.7 Å². The van der Waals surface area contributed by atoms with Crippen LogP contribution in [0.3, 0.4) is 0 Å². The average molecular weight is 1290 g/mol. The summed E-state index contributed by atoms with van der Waals surface area (Å²) in [5.74, 6) is 3.92. The van der Waals surface area contributed by atoms with Gasteiger partial charge in [-0.3, -0.25) is 34.0 Å². The van der Waals surface area contributed by atoms with Gasteiger partial charge in [-0.2, -0.15) is 0 Å². The number of hydrogen-bond donors (Lipinski definition) is 4. The van der Waals surface area contributed by atoms with E-state index in [1.54, 1.807) is 5.48 Å². The molecule has 0 spiro atoms. The fraction of sp³-hybridized carbons (Fsp3) is 0.667. The zero-order valence-corrected chi connectivity index (χ0v) is 58.4. The summed E-state index contributed by atoms with van der Waals surface area (Å²) in [4.78, 5) is 89.9. The van der Waals surface area contributed by atoms with Crippen LogP contribution in [0, 0.1) is 35.5 Å². The van der Waals surface area contributed by atoms with Crippen molar-refractivity contribution in [1.29, 1.82) is 0 Å². The van der Waals surface area contributed by atoms with Gasteiger partial charge in [0, 0.05) is 125 Å². The van der Waals surface area contributed by atoms with Crippen molar-refractivity contribution in [1.82, 2.24) is 30.8 Å². The number of carbonyl (C=O) groups excluding carboxylic acids is 6. The Bertz CT molecular complexity index is 3050. The SMILES string of the molecule is C=C(C)NCC(=O)CC1C(=O)N(C2CCN(C3CCC(C(C)C)CC3)CC2)c2ccccc21.CC(=O)NCCC1C(=O)N(C2CCN(C3CCC(C(C)C)CC3)CC2)c2ccccc21.CC(C)C1CCC(N2CCC(N3C(=O)C(CC(=O)NO)c4ccccc43)CC2)CC1. The lowest BCUT2D eigenvalue weighted by Crippen LogP contribution is -2.50. The van der Waals surface area contributed by atoms with Crippen LogP contribution in [-0.4, -0.2) is 144 Å². The second kappa shape index (κ2) is 32.9. The zero-order chi connectivity index (χ0) is 66.7. The number of benzene rings is 3. The molecule has 12 rings (SSSR count). The number of fused-ring (bicyclic) bond motifs is 3. The van der Waals surface area contributed by atoms with Crippen molar-refractivity contribution < 1.29 is 34.0 Å². The molecular formula is C78H115N9O7. The Balaban J connectivity index is 0.000000154. The van der Waals surface area contributed by atoms with E-state index in [0.29, 0.717) is 31.1 Å². The fourth-order valence-corrected chi connectivity index (χ4v) is 18.2. The standard InChI is InChI=1S/C28H41N3O2.C26H39N3O2.C24H35N3O3/c1-19(2)21-9-11-22(12-10-21)30-15-13-23(14-16-30)31-27-8-6-5-7-25(27)26(28(31)33)17-24(32)18-29-20(3)4;1-18(2)20-8-10-21(11-9-20)28-16-13-22(14-17-28)29-25-7-5-4-6-23(25)24(26(29)31)12-15-27-19(3)30;1-16(2)17-7-9-18(10-8-17)26-13-11-19(12-14-26)27-22-6-4-3-5-20(22)21(24(27)29)15-23(28)25-30/h5-8,19,21-23,26,29H,3,9-18H2,1-2,4H3;4-7,18,20-22,24H,8-17H2,1-3H3,(H,27,30);3-6,16-19,21,30H,7-15H2,1-2H3,(H,25,28).